The molecule has 3 atom stereocenters. The van der Waals surface area contributed by atoms with E-state index >= 15 is 0 Å². The number of benzene rings is 2. The lowest BCUT2D eigenvalue weighted by molar-refractivity contribution is -0.128. The fraction of sp³-hybridized carbons (Fsp3) is 0.286. The minimum atomic E-state index is -2.97. The SMILES string of the molecule is C[C@H](NC(=O)C1C(C(F)F)=NN(C)C1Oc1ccc(Cl)c(Cl)c1)c1ccc(C(=O)O)cc1. The van der Waals surface area contributed by atoms with Crippen molar-refractivity contribution in [3.8, 4) is 5.75 Å². The van der Waals surface area contributed by atoms with E-state index in [0.717, 1.165) is 5.01 Å². The molecule has 0 saturated carbocycles. The summed E-state index contributed by atoms with van der Waals surface area (Å²) in [5, 5.41) is 17.1. The van der Waals surface area contributed by atoms with E-state index in [-0.39, 0.29) is 16.3 Å². The van der Waals surface area contributed by atoms with Crippen molar-refractivity contribution in [2.45, 2.75) is 25.6 Å². The van der Waals surface area contributed by atoms with Crippen LogP contribution in [-0.2, 0) is 4.79 Å². The molecule has 0 radical (unpaired) electrons. The number of nitrogens with one attached hydrogen (secondary N) is 1. The number of nitrogens with zero attached hydrogens (tertiary/aromatic N) is 2. The average Bonchev–Trinajstić information content (AvgIpc) is 3.07. The molecule has 0 spiro atoms. The zero-order valence-electron chi connectivity index (χ0n) is 16.9. The monoisotopic (exact) mass is 485 g/mol. The van der Waals surface area contributed by atoms with Gasteiger partial charge in [-0.15, -0.1) is 0 Å². The molecule has 1 amide bonds. The highest BCUT2D eigenvalue weighted by molar-refractivity contribution is 6.42. The van der Waals surface area contributed by atoms with E-state index in [0.29, 0.717) is 10.6 Å². The number of alkyl halides is 2. The van der Waals surface area contributed by atoms with E-state index in [1.165, 1.54) is 37.4 Å². The summed E-state index contributed by atoms with van der Waals surface area (Å²) in [6, 6.07) is 9.70. The van der Waals surface area contributed by atoms with Gasteiger partial charge in [-0.25, -0.2) is 13.6 Å². The maximum atomic E-state index is 13.6. The molecular formula is C21H19Cl2F2N3O4. The van der Waals surface area contributed by atoms with E-state index in [1.807, 2.05) is 0 Å². The van der Waals surface area contributed by atoms with Crippen LogP contribution in [0.4, 0.5) is 8.78 Å². The number of ether oxygens (including phenoxy) is 1. The summed E-state index contributed by atoms with van der Waals surface area (Å²) in [6.07, 6.45) is -4.11. The Morgan fingerprint density at radius 2 is 1.81 bits per heavy atom. The molecule has 2 unspecified atom stereocenters. The number of carboxylic acid groups (broad SMARTS) is 1. The fourth-order valence-electron chi connectivity index (χ4n) is 3.24. The van der Waals surface area contributed by atoms with Crippen molar-refractivity contribution in [1.82, 2.24) is 10.3 Å². The Morgan fingerprint density at radius 1 is 1.16 bits per heavy atom. The normalized spacial score (nSPS) is 19.0. The fourth-order valence-corrected chi connectivity index (χ4v) is 3.53. The van der Waals surface area contributed by atoms with E-state index in [9.17, 15) is 18.4 Å². The van der Waals surface area contributed by atoms with Gasteiger partial charge in [0.2, 0.25) is 12.1 Å². The van der Waals surface area contributed by atoms with E-state index < -0.39 is 42.2 Å². The van der Waals surface area contributed by atoms with Crippen molar-refractivity contribution in [2.24, 2.45) is 11.0 Å². The molecule has 11 heteroatoms. The summed E-state index contributed by atoms with van der Waals surface area (Å²) < 4.78 is 33.1. The molecule has 7 nitrogen and oxygen atoms in total. The Balaban J connectivity index is 1.81. The van der Waals surface area contributed by atoms with Crippen LogP contribution in [0.1, 0.15) is 28.9 Å². The first kappa shape index (κ1) is 23.7. The Labute approximate surface area is 192 Å². The van der Waals surface area contributed by atoms with Crippen molar-refractivity contribution in [3.05, 3.63) is 63.6 Å². The van der Waals surface area contributed by atoms with Crippen molar-refractivity contribution in [3.63, 3.8) is 0 Å². The molecule has 0 aliphatic carbocycles. The first-order chi connectivity index (χ1) is 15.1. The second kappa shape index (κ2) is 9.70. The lowest BCUT2D eigenvalue weighted by Gasteiger charge is -2.27. The first-order valence-corrected chi connectivity index (χ1v) is 10.2. The third-order valence-corrected chi connectivity index (χ3v) is 5.65. The van der Waals surface area contributed by atoms with Crippen LogP contribution in [-0.4, -0.2) is 47.4 Å². The number of halogens is 4. The molecular weight excluding hydrogens is 467 g/mol. The smallest absolute Gasteiger partial charge is 0.335 e. The maximum absolute atomic E-state index is 13.6. The van der Waals surface area contributed by atoms with Crippen LogP contribution >= 0.6 is 23.2 Å². The zero-order valence-corrected chi connectivity index (χ0v) is 18.4. The van der Waals surface area contributed by atoms with Crippen molar-refractivity contribution < 1.29 is 28.2 Å². The van der Waals surface area contributed by atoms with Gasteiger partial charge in [-0.2, -0.15) is 5.10 Å². The van der Waals surface area contributed by atoms with Crippen LogP contribution < -0.4 is 10.1 Å². The van der Waals surface area contributed by atoms with Crippen LogP contribution in [0.2, 0.25) is 10.0 Å². The third kappa shape index (κ3) is 5.11. The van der Waals surface area contributed by atoms with Crippen LogP contribution in [0.15, 0.2) is 47.6 Å². The Bertz CT molecular complexity index is 1050. The van der Waals surface area contributed by atoms with Gasteiger partial charge in [0, 0.05) is 13.1 Å². The van der Waals surface area contributed by atoms with Gasteiger partial charge in [0.05, 0.1) is 21.7 Å². The highest BCUT2D eigenvalue weighted by atomic mass is 35.5. The number of carbonyl (C=O) groups excluding carboxylic acids is 1. The molecule has 3 rings (SSSR count). The topological polar surface area (TPSA) is 91.2 Å². The van der Waals surface area contributed by atoms with Crippen LogP contribution in [0.5, 0.6) is 5.75 Å². The number of rotatable bonds is 7. The predicted molar refractivity (Wildman–Crippen MR) is 116 cm³/mol. The molecule has 0 fully saturated rings. The molecule has 2 aromatic rings. The summed E-state index contributed by atoms with van der Waals surface area (Å²) in [7, 11) is 1.42. The molecule has 1 heterocycles. The number of hydrogen-bond donors (Lipinski definition) is 2. The van der Waals surface area contributed by atoms with Crippen molar-refractivity contribution in [1.29, 1.82) is 0 Å². The highest BCUT2D eigenvalue weighted by Gasteiger charge is 2.46. The lowest BCUT2D eigenvalue weighted by Crippen LogP contribution is -2.47. The number of carbonyl (C=O) groups is 2. The van der Waals surface area contributed by atoms with Gasteiger partial charge in [-0.1, -0.05) is 35.3 Å². The zero-order chi connectivity index (χ0) is 23.6. The molecule has 2 aromatic carbocycles. The maximum Gasteiger partial charge on any atom is 0.335 e. The molecule has 1 aliphatic heterocycles. The lowest BCUT2D eigenvalue weighted by atomic mass is 9.99. The Kier molecular flexibility index (Phi) is 7.20. The number of amides is 1. The van der Waals surface area contributed by atoms with E-state index in [2.05, 4.69) is 10.4 Å². The van der Waals surface area contributed by atoms with Gasteiger partial charge < -0.3 is 15.2 Å². The molecule has 170 valence electrons. The number of hydrazone groups is 1. The van der Waals surface area contributed by atoms with Crippen molar-refractivity contribution >= 4 is 40.8 Å². The summed E-state index contributed by atoms with van der Waals surface area (Å²) in [4.78, 5) is 24.0. The minimum Gasteiger partial charge on any atom is -0.478 e. The van der Waals surface area contributed by atoms with Gasteiger partial charge in [-0.05, 0) is 36.8 Å². The predicted octanol–water partition coefficient (Wildman–Crippen LogP) is 4.46. The highest BCUT2D eigenvalue weighted by Crippen LogP contribution is 2.31. The minimum absolute atomic E-state index is 0.0897. The number of hydrogen-bond acceptors (Lipinski definition) is 5. The van der Waals surface area contributed by atoms with Crippen LogP contribution in [0.3, 0.4) is 0 Å². The van der Waals surface area contributed by atoms with Gasteiger partial charge in [-0.3, -0.25) is 9.80 Å². The van der Waals surface area contributed by atoms with Gasteiger partial charge in [0.25, 0.3) is 6.43 Å². The van der Waals surface area contributed by atoms with Crippen molar-refractivity contribution in [2.75, 3.05) is 7.05 Å². The molecule has 2 N–H and O–H groups in total. The van der Waals surface area contributed by atoms with Gasteiger partial charge in [0.1, 0.15) is 17.4 Å². The third-order valence-electron chi connectivity index (χ3n) is 4.92. The van der Waals surface area contributed by atoms with E-state index in [4.69, 9.17) is 33.0 Å². The van der Waals surface area contributed by atoms with Crippen LogP contribution in [0.25, 0.3) is 0 Å². The molecule has 0 saturated heterocycles. The van der Waals surface area contributed by atoms with Gasteiger partial charge in [0.15, 0.2) is 0 Å². The average molecular weight is 486 g/mol. The standard InChI is InChI=1S/C21H19Cl2F2N3O4/c1-10(11-3-5-12(6-4-11)21(30)31)26-19(29)16-17(18(24)25)27-28(2)20(16)32-13-7-8-14(22)15(23)9-13/h3-10,16,18,20H,1-2H3,(H,26,29)(H,30,31)/t10-,16?,20?/m0/s1. The second-order valence-electron chi connectivity index (χ2n) is 7.12. The van der Waals surface area contributed by atoms with Gasteiger partial charge >= 0.3 is 5.97 Å². The molecule has 32 heavy (non-hydrogen) atoms. The summed E-state index contributed by atoms with van der Waals surface area (Å²) in [6.45, 7) is 1.65. The van der Waals surface area contributed by atoms with E-state index in [1.54, 1.807) is 19.1 Å². The Hall–Kier alpha value is -2.91. The largest absolute Gasteiger partial charge is 0.478 e. The molecule has 1 aliphatic rings. The second-order valence-corrected chi connectivity index (χ2v) is 7.93. The number of carboxylic acids is 1. The molecule has 0 bridgehead atoms. The Morgan fingerprint density at radius 3 is 2.38 bits per heavy atom. The molecule has 0 aromatic heterocycles. The summed E-state index contributed by atoms with van der Waals surface area (Å²) >= 11 is 11.9. The quantitative estimate of drug-likeness (QED) is 0.604. The summed E-state index contributed by atoms with van der Waals surface area (Å²) in [5.41, 5.74) is 0.0718. The number of aromatic carboxylic acids is 1. The first-order valence-electron chi connectivity index (χ1n) is 9.43. The summed E-state index contributed by atoms with van der Waals surface area (Å²) in [5.74, 6) is -2.96. The van der Waals surface area contributed by atoms with Crippen LogP contribution in [0, 0.1) is 5.92 Å².